The van der Waals surface area contributed by atoms with Gasteiger partial charge >= 0.3 is 4.87 Å². The van der Waals surface area contributed by atoms with Crippen molar-refractivity contribution in [3.63, 3.8) is 0 Å². The average Bonchev–Trinajstić information content (AvgIpc) is 2.85. The molecule has 0 fully saturated rings. The third-order valence-electron chi connectivity index (χ3n) is 3.14. The molecule has 0 saturated heterocycles. The van der Waals surface area contributed by atoms with Crippen molar-refractivity contribution < 1.29 is 16.8 Å². The molecular formula is C13H11N3O5S3. The summed E-state index contributed by atoms with van der Waals surface area (Å²) in [5, 5.41) is 4.99. The molecule has 11 heteroatoms. The highest BCUT2D eigenvalue weighted by Crippen LogP contribution is 2.22. The molecule has 0 aliphatic heterocycles. The highest BCUT2D eigenvalue weighted by molar-refractivity contribution is 7.92. The minimum atomic E-state index is -3.88. The van der Waals surface area contributed by atoms with Crippen LogP contribution < -0.4 is 14.7 Å². The zero-order valence-corrected chi connectivity index (χ0v) is 14.3. The Bertz CT molecular complexity index is 1180. The van der Waals surface area contributed by atoms with E-state index in [-0.39, 0.29) is 20.4 Å². The molecule has 0 aliphatic rings. The Hall–Kier alpha value is -2.21. The third-order valence-corrected chi connectivity index (χ3v) is 6.29. The van der Waals surface area contributed by atoms with E-state index in [1.54, 1.807) is 0 Å². The maximum absolute atomic E-state index is 12.4. The highest BCUT2D eigenvalue weighted by Gasteiger charge is 2.16. The molecule has 126 valence electrons. The fourth-order valence-corrected chi connectivity index (χ4v) is 4.47. The van der Waals surface area contributed by atoms with E-state index in [0.29, 0.717) is 10.2 Å². The van der Waals surface area contributed by atoms with Gasteiger partial charge in [-0.25, -0.2) is 22.0 Å². The van der Waals surface area contributed by atoms with Gasteiger partial charge in [-0.3, -0.25) is 9.52 Å². The molecule has 3 aromatic rings. The number of sulfonamides is 2. The molecule has 0 unspecified atom stereocenters. The van der Waals surface area contributed by atoms with Crippen LogP contribution in [0, 0.1) is 0 Å². The van der Waals surface area contributed by atoms with E-state index in [2.05, 4.69) is 9.71 Å². The van der Waals surface area contributed by atoms with Gasteiger partial charge in [-0.2, -0.15) is 0 Å². The van der Waals surface area contributed by atoms with Crippen molar-refractivity contribution in [3.05, 3.63) is 52.1 Å². The van der Waals surface area contributed by atoms with Crippen LogP contribution in [0.5, 0.6) is 0 Å². The Morgan fingerprint density at radius 2 is 1.58 bits per heavy atom. The number of aromatic nitrogens is 1. The fraction of sp³-hybridized carbons (Fsp3) is 0. The number of hydrogen-bond acceptors (Lipinski definition) is 6. The van der Waals surface area contributed by atoms with Gasteiger partial charge in [-0.15, -0.1) is 0 Å². The summed E-state index contributed by atoms with van der Waals surface area (Å²) in [4.78, 5) is 13.5. The van der Waals surface area contributed by atoms with E-state index in [9.17, 15) is 21.6 Å². The minimum absolute atomic E-state index is 0.0132. The van der Waals surface area contributed by atoms with E-state index in [0.717, 1.165) is 11.3 Å². The molecule has 1 heterocycles. The Kier molecular flexibility index (Phi) is 3.95. The fourth-order valence-electron chi connectivity index (χ4n) is 2.02. The average molecular weight is 385 g/mol. The van der Waals surface area contributed by atoms with E-state index < -0.39 is 20.0 Å². The number of nitrogens with two attached hydrogens (primary N) is 1. The molecule has 24 heavy (non-hydrogen) atoms. The number of H-pyrrole nitrogens is 1. The molecule has 0 radical (unpaired) electrons. The Balaban J connectivity index is 1.93. The lowest BCUT2D eigenvalue weighted by molar-refractivity contribution is 0.597. The molecule has 0 bridgehead atoms. The zero-order chi connectivity index (χ0) is 17.5. The summed E-state index contributed by atoms with van der Waals surface area (Å²) in [6.07, 6.45) is 0. The quantitative estimate of drug-likeness (QED) is 0.616. The van der Waals surface area contributed by atoms with Crippen LogP contribution in [-0.4, -0.2) is 21.8 Å². The van der Waals surface area contributed by atoms with E-state index in [1.807, 2.05) is 0 Å². The van der Waals surface area contributed by atoms with Gasteiger partial charge in [0, 0.05) is 5.69 Å². The van der Waals surface area contributed by atoms with E-state index >= 15 is 0 Å². The van der Waals surface area contributed by atoms with Crippen molar-refractivity contribution in [2.75, 3.05) is 4.72 Å². The van der Waals surface area contributed by atoms with Gasteiger partial charge in [0.2, 0.25) is 10.0 Å². The molecule has 0 spiro atoms. The number of anilines is 1. The van der Waals surface area contributed by atoms with Crippen LogP contribution in [0.3, 0.4) is 0 Å². The van der Waals surface area contributed by atoms with Gasteiger partial charge in [-0.1, -0.05) is 11.3 Å². The molecule has 0 atom stereocenters. The molecule has 3 rings (SSSR count). The zero-order valence-electron chi connectivity index (χ0n) is 11.9. The lowest BCUT2D eigenvalue weighted by atomic mass is 10.3. The van der Waals surface area contributed by atoms with Crippen LogP contribution in [-0.2, 0) is 20.0 Å². The monoisotopic (exact) mass is 385 g/mol. The number of benzene rings is 2. The van der Waals surface area contributed by atoms with E-state index in [4.69, 9.17) is 5.14 Å². The summed E-state index contributed by atoms with van der Waals surface area (Å²) >= 11 is 0.909. The van der Waals surface area contributed by atoms with Crippen LogP contribution in [0.4, 0.5) is 5.69 Å². The summed E-state index contributed by atoms with van der Waals surface area (Å²) in [6, 6.07) is 9.26. The standard InChI is InChI=1S/C13H11N3O5S3/c14-23(18,19)9-3-1-8(2-4-9)16-24(20,21)10-5-6-11-12(7-10)22-13(17)15-11/h1-7,16H,(H,15,17)(H2,14,18,19). The number of nitrogens with one attached hydrogen (secondary N) is 2. The van der Waals surface area contributed by atoms with Crippen molar-refractivity contribution >= 4 is 47.3 Å². The normalized spacial score (nSPS) is 12.4. The molecular weight excluding hydrogens is 374 g/mol. The molecule has 0 aliphatic carbocycles. The first-order chi connectivity index (χ1) is 11.1. The maximum atomic E-state index is 12.4. The SMILES string of the molecule is NS(=O)(=O)c1ccc(NS(=O)(=O)c2ccc3[nH]c(=O)sc3c2)cc1. The second-order valence-electron chi connectivity index (χ2n) is 4.85. The van der Waals surface area contributed by atoms with Gasteiger partial charge in [0.05, 0.1) is 20.0 Å². The van der Waals surface area contributed by atoms with Gasteiger partial charge < -0.3 is 4.98 Å². The minimum Gasteiger partial charge on any atom is -0.312 e. The summed E-state index contributed by atoms with van der Waals surface area (Å²) in [7, 11) is -7.73. The predicted octanol–water partition coefficient (Wildman–Crippen LogP) is 1.04. The summed E-state index contributed by atoms with van der Waals surface area (Å²) in [6.45, 7) is 0. The van der Waals surface area contributed by atoms with Crippen LogP contribution in [0.1, 0.15) is 0 Å². The number of rotatable bonds is 4. The van der Waals surface area contributed by atoms with Crippen LogP contribution in [0.15, 0.2) is 57.1 Å². The van der Waals surface area contributed by atoms with Gasteiger partial charge in [0.25, 0.3) is 10.0 Å². The van der Waals surface area contributed by atoms with Crippen molar-refractivity contribution in [2.45, 2.75) is 9.79 Å². The van der Waals surface area contributed by atoms with Crippen LogP contribution in [0.25, 0.3) is 10.2 Å². The van der Waals surface area contributed by atoms with Crippen molar-refractivity contribution in [3.8, 4) is 0 Å². The van der Waals surface area contributed by atoms with Crippen molar-refractivity contribution in [2.24, 2.45) is 5.14 Å². The van der Waals surface area contributed by atoms with Gasteiger partial charge in [0.15, 0.2) is 0 Å². The highest BCUT2D eigenvalue weighted by atomic mass is 32.2. The first-order valence-electron chi connectivity index (χ1n) is 6.44. The first kappa shape index (κ1) is 16.6. The third kappa shape index (κ3) is 3.33. The topological polar surface area (TPSA) is 139 Å². The summed E-state index contributed by atoms with van der Waals surface area (Å²) in [5.41, 5.74) is 0.742. The maximum Gasteiger partial charge on any atom is 0.305 e. The number of hydrogen-bond donors (Lipinski definition) is 3. The lowest BCUT2D eigenvalue weighted by Crippen LogP contribution is -2.14. The smallest absolute Gasteiger partial charge is 0.305 e. The molecule has 2 aromatic carbocycles. The molecule has 8 nitrogen and oxygen atoms in total. The predicted molar refractivity (Wildman–Crippen MR) is 91.1 cm³/mol. The second kappa shape index (κ2) is 5.70. The van der Waals surface area contributed by atoms with Crippen LogP contribution >= 0.6 is 11.3 Å². The Morgan fingerprint density at radius 3 is 2.21 bits per heavy atom. The van der Waals surface area contributed by atoms with Crippen LogP contribution in [0.2, 0.25) is 0 Å². The number of thiazole rings is 1. The second-order valence-corrected chi connectivity index (χ2v) is 9.11. The lowest BCUT2D eigenvalue weighted by Gasteiger charge is -2.08. The number of fused-ring (bicyclic) bond motifs is 1. The van der Waals surface area contributed by atoms with Crippen molar-refractivity contribution in [1.82, 2.24) is 4.98 Å². The molecule has 0 amide bonds. The largest absolute Gasteiger partial charge is 0.312 e. The Morgan fingerprint density at radius 1 is 0.958 bits per heavy atom. The number of primary sulfonamides is 1. The number of aromatic amines is 1. The molecule has 0 saturated carbocycles. The summed E-state index contributed by atoms with van der Waals surface area (Å²) in [5.74, 6) is 0. The van der Waals surface area contributed by atoms with Gasteiger partial charge in [0.1, 0.15) is 0 Å². The van der Waals surface area contributed by atoms with Crippen molar-refractivity contribution in [1.29, 1.82) is 0 Å². The molecule has 4 N–H and O–H groups in total. The first-order valence-corrected chi connectivity index (χ1v) is 10.3. The van der Waals surface area contributed by atoms with E-state index in [1.165, 1.54) is 42.5 Å². The Labute approximate surface area is 141 Å². The summed E-state index contributed by atoms with van der Waals surface area (Å²) < 4.78 is 50.0. The molecule has 1 aromatic heterocycles. The van der Waals surface area contributed by atoms with Gasteiger partial charge in [-0.05, 0) is 42.5 Å².